The van der Waals surface area contributed by atoms with Crippen LogP contribution >= 0.6 is 0 Å². The van der Waals surface area contributed by atoms with Crippen LogP contribution in [0.4, 0.5) is 14.6 Å². The predicted octanol–water partition coefficient (Wildman–Crippen LogP) is 3.26. The van der Waals surface area contributed by atoms with Crippen molar-refractivity contribution in [3.05, 3.63) is 54.2 Å². The van der Waals surface area contributed by atoms with Crippen LogP contribution in [-0.2, 0) is 0 Å². The van der Waals surface area contributed by atoms with Gasteiger partial charge >= 0.3 is 0 Å². The molecule has 3 aromatic rings. The molecule has 3 rings (SSSR count). The van der Waals surface area contributed by atoms with Gasteiger partial charge in [-0.1, -0.05) is 11.2 Å². The summed E-state index contributed by atoms with van der Waals surface area (Å²) < 4.78 is 31.7. The number of hydrogen-bond acceptors (Lipinski definition) is 4. The Bertz CT molecular complexity index is 736. The molecule has 4 nitrogen and oxygen atoms in total. The van der Waals surface area contributed by atoms with Gasteiger partial charge in [0.25, 0.3) is 0 Å². The molecule has 0 amide bonds. The summed E-state index contributed by atoms with van der Waals surface area (Å²) in [4.78, 5) is 4.15. The second kappa shape index (κ2) is 4.73. The van der Waals surface area contributed by atoms with Gasteiger partial charge in [0.2, 0.25) is 0 Å². The summed E-state index contributed by atoms with van der Waals surface area (Å²) in [5, 5.41) is 3.65. The normalized spacial score (nSPS) is 10.7. The van der Waals surface area contributed by atoms with Crippen molar-refractivity contribution in [2.45, 2.75) is 0 Å². The van der Waals surface area contributed by atoms with Gasteiger partial charge in [0.1, 0.15) is 11.6 Å². The van der Waals surface area contributed by atoms with E-state index in [-0.39, 0.29) is 17.1 Å². The summed E-state index contributed by atoms with van der Waals surface area (Å²) in [6.07, 6.45) is 1.58. The van der Waals surface area contributed by atoms with E-state index < -0.39 is 11.6 Å². The van der Waals surface area contributed by atoms with E-state index in [9.17, 15) is 8.78 Å². The van der Waals surface area contributed by atoms with Crippen molar-refractivity contribution in [1.82, 2.24) is 10.1 Å². The summed E-state index contributed by atoms with van der Waals surface area (Å²) in [7, 11) is 0. The Labute approximate surface area is 112 Å². The van der Waals surface area contributed by atoms with E-state index in [0.29, 0.717) is 11.3 Å². The molecule has 0 aliphatic rings. The number of halogens is 2. The molecule has 20 heavy (non-hydrogen) atoms. The van der Waals surface area contributed by atoms with Crippen LogP contribution in [0.2, 0.25) is 0 Å². The Balaban J connectivity index is 2.21. The molecule has 6 heteroatoms. The highest BCUT2D eigenvalue weighted by atomic mass is 19.1. The lowest BCUT2D eigenvalue weighted by molar-refractivity contribution is 0.435. The second-order valence-electron chi connectivity index (χ2n) is 4.15. The van der Waals surface area contributed by atoms with Crippen molar-refractivity contribution < 1.29 is 13.3 Å². The summed E-state index contributed by atoms with van der Waals surface area (Å²) in [5.74, 6) is -1.12. The molecule has 2 heterocycles. The number of nitrogen functional groups attached to an aromatic ring is 1. The van der Waals surface area contributed by atoms with Gasteiger partial charge in [-0.15, -0.1) is 0 Å². The molecule has 0 fully saturated rings. The molecule has 0 saturated heterocycles. The third-order valence-electron chi connectivity index (χ3n) is 2.76. The molecule has 1 aromatic carbocycles. The number of benzene rings is 1. The largest absolute Gasteiger partial charge is 0.380 e. The lowest BCUT2D eigenvalue weighted by Gasteiger charge is -2.02. The van der Waals surface area contributed by atoms with Crippen LogP contribution in [0.25, 0.3) is 22.6 Å². The SMILES string of the molecule is Nc1noc(-c2cc(F)cc(F)c2)c1-c1ccccn1. The number of nitrogens with two attached hydrogens (primary N) is 1. The Kier molecular flexibility index (Phi) is 2.90. The van der Waals surface area contributed by atoms with E-state index in [1.54, 1.807) is 24.4 Å². The van der Waals surface area contributed by atoms with Crippen LogP contribution in [0.15, 0.2) is 47.1 Å². The lowest BCUT2D eigenvalue weighted by atomic mass is 10.1. The quantitative estimate of drug-likeness (QED) is 0.778. The summed E-state index contributed by atoms with van der Waals surface area (Å²) in [6, 6.07) is 8.30. The van der Waals surface area contributed by atoms with E-state index in [0.717, 1.165) is 18.2 Å². The molecule has 2 N–H and O–H groups in total. The zero-order valence-electron chi connectivity index (χ0n) is 10.2. The zero-order valence-corrected chi connectivity index (χ0v) is 10.2. The van der Waals surface area contributed by atoms with Gasteiger partial charge < -0.3 is 10.3 Å². The number of hydrogen-bond donors (Lipinski definition) is 1. The number of pyridine rings is 1. The first-order chi connectivity index (χ1) is 9.65. The summed E-state index contributed by atoms with van der Waals surface area (Å²) in [6.45, 7) is 0. The van der Waals surface area contributed by atoms with Gasteiger partial charge in [0.05, 0.1) is 11.3 Å². The minimum atomic E-state index is -0.707. The van der Waals surface area contributed by atoms with Crippen molar-refractivity contribution >= 4 is 5.82 Å². The van der Waals surface area contributed by atoms with Gasteiger partial charge in [-0.3, -0.25) is 4.98 Å². The molecule has 0 unspecified atom stereocenters. The number of nitrogens with zero attached hydrogens (tertiary/aromatic N) is 2. The topological polar surface area (TPSA) is 64.9 Å². The first-order valence-electron chi connectivity index (χ1n) is 5.78. The molecule has 100 valence electrons. The first-order valence-corrected chi connectivity index (χ1v) is 5.78. The Morgan fingerprint density at radius 1 is 1.05 bits per heavy atom. The molecule has 0 bridgehead atoms. The van der Waals surface area contributed by atoms with Crippen LogP contribution in [0.1, 0.15) is 0 Å². The van der Waals surface area contributed by atoms with Gasteiger partial charge in [0.15, 0.2) is 11.6 Å². The smallest absolute Gasteiger partial charge is 0.178 e. The molecule has 0 aliphatic heterocycles. The van der Waals surface area contributed by atoms with E-state index in [1.807, 2.05) is 0 Å². The monoisotopic (exact) mass is 273 g/mol. The van der Waals surface area contributed by atoms with E-state index >= 15 is 0 Å². The van der Waals surface area contributed by atoms with Crippen LogP contribution in [0.5, 0.6) is 0 Å². The van der Waals surface area contributed by atoms with Crippen LogP contribution in [0, 0.1) is 11.6 Å². The minimum Gasteiger partial charge on any atom is -0.380 e. The highest BCUT2D eigenvalue weighted by Crippen LogP contribution is 2.35. The third-order valence-corrected chi connectivity index (χ3v) is 2.76. The summed E-state index contributed by atoms with van der Waals surface area (Å²) >= 11 is 0. The van der Waals surface area contributed by atoms with Crippen molar-refractivity contribution in [2.75, 3.05) is 5.73 Å². The Hall–Kier alpha value is -2.76. The fraction of sp³-hybridized carbons (Fsp3) is 0. The first kappa shape index (κ1) is 12.3. The van der Waals surface area contributed by atoms with Gasteiger partial charge in [-0.05, 0) is 24.3 Å². The van der Waals surface area contributed by atoms with E-state index in [1.165, 1.54) is 0 Å². The summed E-state index contributed by atoms with van der Waals surface area (Å²) in [5.41, 5.74) is 6.90. The maximum atomic E-state index is 13.3. The molecule has 0 aliphatic carbocycles. The number of aromatic nitrogens is 2. The standard InChI is InChI=1S/C14H9F2N3O/c15-9-5-8(6-10(16)7-9)13-12(14(17)19-20-13)11-3-1-2-4-18-11/h1-7H,(H2,17,19). The molecule has 0 radical (unpaired) electrons. The lowest BCUT2D eigenvalue weighted by Crippen LogP contribution is -1.91. The third kappa shape index (κ3) is 2.11. The highest BCUT2D eigenvalue weighted by molar-refractivity contribution is 5.84. The molecule has 0 spiro atoms. The molecule has 0 atom stereocenters. The number of anilines is 1. The average molecular weight is 273 g/mol. The number of rotatable bonds is 2. The predicted molar refractivity (Wildman–Crippen MR) is 69.5 cm³/mol. The maximum absolute atomic E-state index is 13.3. The molecular weight excluding hydrogens is 264 g/mol. The van der Waals surface area contributed by atoms with Gasteiger partial charge in [-0.2, -0.15) is 0 Å². The Morgan fingerprint density at radius 3 is 2.45 bits per heavy atom. The van der Waals surface area contributed by atoms with Gasteiger partial charge in [-0.25, -0.2) is 8.78 Å². The fourth-order valence-electron chi connectivity index (χ4n) is 1.94. The van der Waals surface area contributed by atoms with Crippen molar-refractivity contribution in [2.24, 2.45) is 0 Å². The second-order valence-corrected chi connectivity index (χ2v) is 4.15. The zero-order chi connectivity index (χ0) is 14.1. The van der Waals surface area contributed by atoms with Crippen LogP contribution < -0.4 is 5.73 Å². The van der Waals surface area contributed by atoms with E-state index in [2.05, 4.69) is 10.1 Å². The minimum absolute atomic E-state index is 0.114. The average Bonchev–Trinajstić information content (AvgIpc) is 2.80. The maximum Gasteiger partial charge on any atom is 0.178 e. The molecule has 2 aromatic heterocycles. The van der Waals surface area contributed by atoms with Crippen molar-refractivity contribution in [3.63, 3.8) is 0 Å². The van der Waals surface area contributed by atoms with E-state index in [4.69, 9.17) is 10.3 Å². The molecule has 0 saturated carbocycles. The highest BCUT2D eigenvalue weighted by Gasteiger charge is 2.19. The Morgan fingerprint density at radius 2 is 1.80 bits per heavy atom. The van der Waals surface area contributed by atoms with Crippen LogP contribution in [0.3, 0.4) is 0 Å². The molecular formula is C14H9F2N3O. The van der Waals surface area contributed by atoms with Gasteiger partial charge in [0, 0.05) is 17.8 Å². The fourth-order valence-corrected chi connectivity index (χ4v) is 1.94. The van der Waals surface area contributed by atoms with Crippen molar-refractivity contribution in [1.29, 1.82) is 0 Å². The van der Waals surface area contributed by atoms with Crippen LogP contribution in [-0.4, -0.2) is 10.1 Å². The van der Waals surface area contributed by atoms with Crippen molar-refractivity contribution in [3.8, 4) is 22.6 Å².